The number of hydrogen-bond acceptors (Lipinski definition) is 5. The maximum absolute atomic E-state index is 12.5. The summed E-state index contributed by atoms with van der Waals surface area (Å²) in [5.74, 6) is 0.258. The summed E-state index contributed by atoms with van der Waals surface area (Å²) in [6.45, 7) is 4.79. The number of piperidine rings is 1. The van der Waals surface area contributed by atoms with Crippen molar-refractivity contribution in [2.75, 3.05) is 32.8 Å². The minimum absolute atomic E-state index is 0.0304. The summed E-state index contributed by atoms with van der Waals surface area (Å²) in [4.78, 5) is 11.9. The third-order valence-electron chi connectivity index (χ3n) is 4.18. The third kappa shape index (κ3) is 6.21. The average Bonchev–Trinajstić information content (AvgIpc) is 3.02. The number of carbonyl (C=O) groups excluding carboxylic acids is 1. The molecule has 9 heteroatoms. The van der Waals surface area contributed by atoms with Gasteiger partial charge in [0.1, 0.15) is 4.21 Å². The molecule has 0 radical (unpaired) electrons. The molecule has 6 nitrogen and oxygen atoms in total. The molecule has 0 spiro atoms. The molecule has 142 valence electrons. The van der Waals surface area contributed by atoms with Gasteiger partial charge < -0.3 is 10.1 Å². The third-order valence-corrected chi connectivity index (χ3v) is 7.78. The first-order valence-electron chi connectivity index (χ1n) is 8.53. The molecule has 0 unspecified atom stereocenters. The maximum Gasteiger partial charge on any atom is 0.252 e. The molecule has 0 atom stereocenters. The van der Waals surface area contributed by atoms with Crippen molar-refractivity contribution >= 4 is 38.9 Å². The van der Waals surface area contributed by atoms with E-state index in [4.69, 9.17) is 16.3 Å². The predicted molar refractivity (Wildman–Crippen MR) is 99.5 cm³/mol. The van der Waals surface area contributed by atoms with Crippen molar-refractivity contribution in [2.45, 2.75) is 36.8 Å². The largest absolute Gasteiger partial charge is 0.382 e. The van der Waals surface area contributed by atoms with Crippen LogP contribution in [-0.2, 0) is 19.6 Å². The van der Waals surface area contributed by atoms with E-state index in [9.17, 15) is 13.2 Å². The molecular weight excluding hydrogens is 384 g/mol. The van der Waals surface area contributed by atoms with Crippen LogP contribution in [0.25, 0.3) is 0 Å². The Labute approximate surface area is 158 Å². The fourth-order valence-electron chi connectivity index (χ4n) is 2.80. The molecule has 1 N–H and O–H groups in total. The molecule has 0 bridgehead atoms. The van der Waals surface area contributed by atoms with E-state index >= 15 is 0 Å². The molecule has 1 aliphatic rings. The number of halogens is 1. The van der Waals surface area contributed by atoms with Crippen LogP contribution in [0.3, 0.4) is 0 Å². The molecule has 1 fully saturated rings. The van der Waals surface area contributed by atoms with Gasteiger partial charge in [-0.1, -0.05) is 11.6 Å². The number of thiophene rings is 1. The van der Waals surface area contributed by atoms with Crippen molar-refractivity contribution in [1.29, 1.82) is 0 Å². The van der Waals surface area contributed by atoms with Gasteiger partial charge in [-0.3, -0.25) is 4.79 Å². The van der Waals surface area contributed by atoms with Gasteiger partial charge in [-0.25, -0.2) is 8.42 Å². The van der Waals surface area contributed by atoms with Gasteiger partial charge in [-0.05, 0) is 44.2 Å². The lowest BCUT2D eigenvalue weighted by Gasteiger charge is -2.30. The molecule has 2 heterocycles. The second-order valence-corrected chi connectivity index (χ2v) is 9.89. The van der Waals surface area contributed by atoms with Crippen LogP contribution in [0.4, 0.5) is 0 Å². The number of carbonyl (C=O) groups is 1. The van der Waals surface area contributed by atoms with Gasteiger partial charge in [0.05, 0.1) is 4.34 Å². The van der Waals surface area contributed by atoms with E-state index in [1.807, 2.05) is 6.92 Å². The van der Waals surface area contributed by atoms with Crippen LogP contribution in [0.15, 0.2) is 16.3 Å². The second-order valence-electron chi connectivity index (χ2n) is 6.01. The summed E-state index contributed by atoms with van der Waals surface area (Å²) >= 11 is 6.91. The Hall–Kier alpha value is -0.670. The predicted octanol–water partition coefficient (Wildman–Crippen LogP) is 2.74. The quantitative estimate of drug-likeness (QED) is 0.637. The molecule has 1 amide bonds. The van der Waals surface area contributed by atoms with Gasteiger partial charge in [0, 0.05) is 39.3 Å². The summed E-state index contributed by atoms with van der Waals surface area (Å²) in [5, 5.41) is 2.90. The SMILES string of the molecule is CCOCCCNC(=O)CC1CCN(S(=O)(=O)c2ccc(Cl)s2)CC1. The molecule has 1 saturated heterocycles. The highest BCUT2D eigenvalue weighted by atomic mass is 35.5. The lowest BCUT2D eigenvalue weighted by molar-refractivity contribution is -0.122. The van der Waals surface area contributed by atoms with Crippen LogP contribution >= 0.6 is 22.9 Å². The summed E-state index contributed by atoms with van der Waals surface area (Å²) in [7, 11) is -3.46. The Kier molecular flexibility index (Phi) is 8.15. The zero-order valence-electron chi connectivity index (χ0n) is 14.4. The molecule has 25 heavy (non-hydrogen) atoms. The van der Waals surface area contributed by atoms with Gasteiger partial charge >= 0.3 is 0 Å². The van der Waals surface area contributed by atoms with E-state index in [-0.39, 0.29) is 16.0 Å². The number of hydrogen-bond donors (Lipinski definition) is 1. The Balaban J connectivity index is 1.73. The number of amides is 1. The Bertz CT molecular complexity index is 655. The van der Waals surface area contributed by atoms with Crippen molar-refractivity contribution in [2.24, 2.45) is 5.92 Å². The fourth-order valence-corrected chi connectivity index (χ4v) is 5.90. The van der Waals surface area contributed by atoms with Gasteiger partial charge in [0.25, 0.3) is 10.0 Å². The summed E-state index contributed by atoms with van der Waals surface area (Å²) in [6.07, 6.45) is 2.66. The van der Waals surface area contributed by atoms with Crippen LogP contribution in [0.1, 0.15) is 32.6 Å². The summed E-state index contributed by atoms with van der Waals surface area (Å²) < 4.78 is 32.6. The van der Waals surface area contributed by atoms with E-state index < -0.39 is 10.0 Å². The second kappa shape index (κ2) is 9.87. The zero-order chi connectivity index (χ0) is 18.3. The highest BCUT2D eigenvalue weighted by Gasteiger charge is 2.31. The lowest BCUT2D eigenvalue weighted by atomic mass is 9.94. The Morgan fingerprint density at radius 1 is 1.40 bits per heavy atom. The molecule has 1 aromatic rings. The van der Waals surface area contributed by atoms with Crippen molar-refractivity contribution < 1.29 is 17.9 Å². The molecule has 0 aliphatic carbocycles. The topological polar surface area (TPSA) is 75.7 Å². The number of rotatable bonds is 9. The van der Waals surface area contributed by atoms with Crippen LogP contribution < -0.4 is 5.32 Å². The van der Waals surface area contributed by atoms with E-state index in [1.165, 1.54) is 4.31 Å². The normalized spacial score (nSPS) is 16.9. The lowest BCUT2D eigenvalue weighted by Crippen LogP contribution is -2.39. The summed E-state index contributed by atoms with van der Waals surface area (Å²) in [5.41, 5.74) is 0. The molecular formula is C16H25ClN2O4S2. The van der Waals surface area contributed by atoms with E-state index in [0.717, 1.165) is 17.8 Å². The van der Waals surface area contributed by atoms with Crippen molar-refractivity contribution in [1.82, 2.24) is 9.62 Å². The van der Waals surface area contributed by atoms with Crippen molar-refractivity contribution in [3.63, 3.8) is 0 Å². The van der Waals surface area contributed by atoms with Crippen molar-refractivity contribution in [3.05, 3.63) is 16.5 Å². The maximum atomic E-state index is 12.5. The van der Waals surface area contributed by atoms with E-state index in [2.05, 4.69) is 5.32 Å². The van der Waals surface area contributed by atoms with E-state index in [1.54, 1.807) is 12.1 Å². The smallest absolute Gasteiger partial charge is 0.252 e. The number of nitrogens with one attached hydrogen (secondary N) is 1. The van der Waals surface area contributed by atoms with Gasteiger partial charge in [0.2, 0.25) is 5.91 Å². The van der Waals surface area contributed by atoms with E-state index in [0.29, 0.717) is 56.4 Å². The molecule has 2 rings (SSSR count). The molecule has 0 aromatic carbocycles. The first-order valence-corrected chi connectivity index (χ1v) is 11.2. The number of ether oxygens (including phenoxy) is 1. The zero-order valence-corrected chi connectivity index (χ0v) is 16.8. The minimum atomic E-state index is -3.46. The number of nitrogens with zero attached hydrogens (tertiary/aromatic N) is 1. The van der Waals surface area contributed by atoms with Crippen LogP contribution in [0.2, 0.25) is 4.34 Å². The Morgan fingerprint density at radius 2 is 2.12 bits per heavy atom. The minimum Gasteiger partial charge on any atom is -0.382 e. The Morgan fingerprint density at radius 3 is 2.72 bits per heavy atom. The monoisotopic (exact) mass is 408 g/mol. The fraction of sp³-hybridized carbons (Fsp3) is 0.688. The van der Waals surface area contributed by atoms with Crippen LogP contribution in [0, 0.1) is 5.92 Å². The number of sulfonamides is 1. The summed E-state index contributed by atoms with van der Waals surface area (Å²) in [6, 6.07) is 3.14. The molecule has 0 saturated carbocycles. The van der Waals surface area contributed by atoms with Crippen LogP contribution in [-0.4, -0.2) is 51.5 Å². The first kappa shape index (κ1) is 20.6. The highest BCUT2D eigenvalue weighted by Crippen LogP contribution is 2.31. The standard InChI is InChI=1S/C16H25ClN2O4S2/c1-2-23-11-3-8-18-15(20)12-13-6-9-19(10-7-13)25(21,22)16-5-4-14(17)24-16/h4-5,13H,2-3,6-12H2,1H3,(H,18,20). The first-order chi connectivity index (χ1) is 11.9. The van der Waals surface area contributed by atoms with Gasteiger partial charge in [-0.2, -0.15) is 4.31 Å². The van der Waals surface area contributed by atoms with Gasteiger partial charge in [0.15, 0.2) is 0 Å². The van der Waals surface area contributed by atoms with Gasteiger partial charge in [-0.15, -0.1) is 11.3 Å². The van der Waals surface area contributed by atoms with Crippen LogP contribution in [0.5, 0.6) is 0 Å². The average molecular weight is 409 g/mol. The molecule has 1 aliphatic heterocycles. The molecule has 1 aromatic heterocycles. The highest BCUT2D eigenvalue weighted by molar-refractivity contribution is 7.91. The van der Waals surface area contributed by atoms with Crippen molar-refractivity contribution in [3.8, 4) is 0 Å².